The SMILES string of the molecule is O=C(Nc1cccnc1)c1cccc(-c2cccc3c(C(=O)N4CCCCC4)cnn23)c1. The molecular weight excluding hydrogens is 402 g/mol. The van der Waals surface area contributed by atoms with Crippen molar-refractivity contribution in [3.8, 4) is 11.3 Å². The summed E-state index contributed by atoms with van der Waals surface area (Å²) in [6.07, 6.45) is 8.18. The van der Waals surface area contributed by atoms with Crippen LogP contribution in [0.5, 0.6) is 0 Å². The normalized spacial score (nSPS) is 13.8. The smallest absolute Gasteiger partial charge is 0.257 e. The quantitative estimate of drug-likeness (QED) is 0.529. The molecule has 0 unspecified atom stereocenters. The zero-order chi connectivity index (χ0) is 21.9. The molecule has 1 aliphatic rings. The van der Waals surface area contributed by atoms with Gasteiger partial charge in [0.25, 0.3) is 11.8 Å². The minimum atomic E-state index is -0.214. The number of fused-ring (bicyclic) bond motifs is 1. The van der Waals surface area contributed by atoms with Crippen LogP contribution in [-0.2, 0) is 0 Å². The lowest BCUT2D eigenvalue weighted by Gasteiger charge is -2.26. The minimum Gasteiger partial charge on any atom is -0.339 e. The number of rotatable bonds is 4. The van der Waals surface area contributed by atoms with E-state index in [1.54, 1.807) is 41.3 Å². The number of piperidine rings is 1. The summed E-state index contributed by atoms with van der Waals surface area (Å²) in [6, 6.07) is 16.7. The maximum absolute atomic E-state index is 13.1. The van der Waals surface area contributed by atoms with Crippen LogP contribution < -0.4 is 5.32 Å². The summed E-state index contributed by atoms with van der Waals surface area (Å²) in [6.45, 7) is 1.59. The van der Waals surface area contributed by atoms with E-state index < -0.39 is 0 Å². The van der Waals surface area contributed by atoms with Crippen molar-refractivity contribution in [1.82, 2.24) is 19.5 Å². The van der Waals surface area contributed by atoms with E-state index in [1.165, 1.54) is 6.42 Å². The predicted octanol–water partition coefficient (Wildman–Crippen LogP) is 4.27. The molecule has 4 aromatic rings. The Morgan fingerprint density at radius 3 is 2.56 bits per heavy atom. The molecule has 2 amide bonds. The number of benzene rings is 1. The van der Waals surface area contributed by atoms with Crippen molar-refractivity contribution in [2.75, 3.05) is 18.4 Å². The molecular formula is C25H23N5O2. The highest BCUT2D eigenvalue weighted by Gasteiger charge is 2.22. The Kier molecular flexibility index (Phi) is 5.37. The van der Waals surface area contributed by atoms with Gasteiger partial charge in [0.05, 0.1) is 34.9 Å². The number of carbonyl (C=O) groups excluding carboxylic acids is 2. The number of anilines is 1. The molecule has 3 aromatic heterocycles. The molecule has 0 radical (unpaired) electrons. The third kappa shape index (κ3) is 3.85. The molecule has 4 heterocycles. The summed E-state index contributed by atoms with van der Waals surface area (Å²) in [7, 11) is 0. The molecule has 160 valence electrons. The molecule has 1 aromatic carbocycles. The van der Waals surface area contributed by atoms with Gasteiger partial charge < -0.3 is 10.2 Å². The largest absolute Gasteiger partial charge is 0.339 e. The zero-order valence-corrected chi connectivity index (χ0v) is 17.6. The first-order valence-electron chi connectivity index (χ1n) is 10.8. The third-order valence-electron chi connectivity index (χ3n) is 5.76. The minimum absolute atomic E-state index is 0.0291. The van der Waals surface area contributed by atoms with Gasteiger partial charge in [0.2, 0.25) is 0 Å². The zero-order valence-electron chi connectivity index (χ0n) is 17.6. The maximum Gasteiger partial charge on any atom is 0.257 e. The number of likely N-dealkylation sites (tertiary alicyclic amines) is 1. The van der Waals surface area contributed by atoms with Gasteiger partial charge in [-0.15, -0.1) is 0 Å². The molecule has 1 fully saturated rings. The number of nitrogens with zero attached hydrogens (tertiary/aromatic N) is 4. The standard InChI is InChI=1S/C25H23N5O2/c31-24(28-20-9-6-12-26-16-20)19-8-4-7-18(15-19)22-10-5-11-23-21(17-27-30(22)23)25(32)29-13-2-1-3-14-29/h4-12,15-17H,1-3,13-14H2,(H,28,31). The van der Waals surface area contributed by atoms with Gasteiger partial charge in [0, 0.05) is 30.4 Å². The highest BCUT2D eigenvalue weighted by Crippen LogP contribution is 2.25. The van der Waals surface area contributed by atoms with Crippen molar-refractivity contribution in [1.29, 1.82) is 0 Å². The fourth-order valence-electron chi connectivity index (χ4n) is 4.12. The Morgan fingerprint density at radius 1 is 0.906 bits per heavy atom. The molecule has 0 saturated carbocycles. The van der Waals surface area contributed by atoms with Crippen molar-refractivity contribution in [3.63, 3.8) is 0 Å². The van der Waals surface area contributed by atoms with Gasteiger partial charge in [-0.05, 0) is 55.7 Å². The van der Waals surface area contributed by atoms with Crippen LogP contribution in [0.1, 0.15) is 40.0 Å². The molecule has 1 saturated heterocycles. The van der Waals surface area contributed by atoms with Crippen molar-refractivity contribution >= 4 is 23.0 Å². The van der Waals surface area contributed by atoms with E-state index in [9.17, 15) is 9.59 Å². The van der Waals surface area contributed by atoms with Crippen LogP contribution >= 0.6 is 0 Å². The van der Waals surface area contributed by atoms with Gasteiger partial charge in [0.15, 0.2) is 0 Å². The lowest BCUT2D eigenvalue weighted by Crippen LogP contribution is -2.35. The second kappa shape index (κ2) is 8.63. The molecule has 32 heavy (non-hydrogen) atoms. The molecule has 1 aliphatic heterocycles. The lowest BCUT2D eigenvalue weighted by molar-refractivity contribution is 0.0726. The monoisotopic (exact) mass is 425 g/mol. The van der Waals surface area contributed by atoms with Crippen LogP contribution in [0.4, 0.5) is 5.69 Å². The Hall–Kier alpha value is -4.00. The third-order valence-corrected chi connectivity index (χ3v) is 5.76. The van der Waals surface area contributed by atoms with Gasteiger partial charge in [-0.3, -0.25) is 14.6 Å². The molecule has 0 aliphatic carbocycles. The van der Waals surface area contributed by atoms with Crippen molar-refractivity contribution in [2.45, 2.75) is 19.3 Å². The van der Waals surface area contributed by atoms with E-state index in [4.69, 9.17) is 0 Å². The first-order chi connectivity index (χ1) is 15.7. The van der Waals surface area contributed by atoms with Gasteiger partial charge >= 0.3 is 0 Å². The summed E-state index contributed by atoms with van der Waals surface area (Å²) >= 11 is 0. The summed E-state index contributed by atoms with van der Waals surface area (Å²) in [5, 5.41) is 7.37. The Balaban J connectivity index is 1.46. The summed E-state index contributed by atoms with van der Waals surface area (Å²) in [5.41, 5.74) is 4.20. The van der Waals surface area contributed by atoms with Gasteiger partial charge in [-0.2, -0.15) is 5.10 Å². The number of pyridine rings is 2. The number of aromatic nitrogens is 3. The van der Waals surface area contributed by atoms with Crippen molar-refractivity contribution in [2.24, 2.45) is 0 Å². The fourth-order valence-corrected chi connectivity index (χ4v) is 4.12. The van der Waals surface area contributed by atoms with E-state index >= 15 is 0 Å². The van der Waals surface area contributed by atoms with E-state index in [-0.39, 0.29) is 11.8 Å². The Morgan fingerprint density at radius 2 is 1.75 bits per heavy atom. The van der Waals surface area contributed by atoms with Gasteiger partial charge in [-0.1, -0.05) is 18.2 Å². The van der Waals surface area contributed by atoms with Crippen LogP contribution in [0, 0.1) is 0 Å². The van der Waals surface area contributed by atoms with Crippen molar-refractivity contribution in [3.05, 3.63) is 84.3 Å². The first kappa shape index (κ1) is 19.9. The van der Waals surface area contributed by atoms with Crippen LogP contribution in [0.25, 0.3) is 16.8 Å². The topological polar surface area (TPSA) is 79.6 Å². The average molecular weight is 425 g/mol. The van der Waals surface area contributed by atoms with Crippen LogP contribution in [-0.4, -0.2) is 44.4 Å². The van der Waals surface area contributed by atoms with E-state index in [1.807, 2.05) is 41.3 Å². The molecule has 7 heteroatoms. The summed E-state index contributed by atoms with van der Waals surface area (Å²) in [5.74, 6) is -0.185. The number of hydrogen-bond acceptors (Lipinski definition) is 4. The molecule has 5 rings (SSSR count). The number of carbonyl (C=O) groups is 2. The van der Waals surface area contributed by atoms with E-state index in [2.05, 4.69) is 15.4 Å². The van der Waals surface area contributed by atoms with Crippen LogP contribution in [0.15, 0.2) is 73.2 Å². The van der Waals surface area contributed by atoms with E-state index in [0.29, 0.717) is 16.8 Å². The highest BCUT2D eigenvalue weighted by molar-refractivity contribution is 6.05. The molecule has 0 bridgehead atoms. The lowest BCUT2D eigenvalue weighted by atomic mass is 10.1. The molecule has 0 spiro atoms. The second-order valence-corrected chi connectivity index (χ2v) is 7.90. The van der Waals surface area contributed by atoms with Crippen LogP contribution in [0.3, 0.4) is 0 Å². The first-order valence-corrected chi connectivity index (χ1v) is 10.8. The number of amides is 2. The molecule has 0 atom stereocenters. The van der Waals surface area contributed by atoms with E-state index in [0.717, 1.165) is 42.7 Å². The average Bonchev–Trinajstić information content (AvgIpc) is 3.29. The Labute approximate surface area is 185 Å². The summed E-state index contributed by atoms with van der Waals surface area (Å²) < 4.78 is 1.77. The van der Waals surface area contributed by atoms with Gasteiger partial charge in [-0.25, -0.2) is 4.52 Å². The number of nitrogens with one attached hydrogen (secondary N) is 1. The highest BCUT2D eigenvalue weighted by atomic mass is 16.2. The fraction of sp³-hybridized carbons (Fsp3) is 0.200. The second-order valence-electron chi connectivity index (χ2n) is 7.90. The Bertz CT molecular complexity index is 1280. The molecule has 1 N–H and O–H groups in total. The van der Waals surface area contributed by atoms with Crippen LogP contribution in [0.2, 0.25) is 0 Å². The predicted molar refractivity (Wildman–Crippen MR) is 123 cm³/mol. The summed E-state index contributed by atoms with van der Waals surface area (Å²) in [4.78, 5) is 31.7. The maximum atomic E-state index is 13.1. The van der Waals surface area contributed by atoms with Crippen molar-refractivity contribution < 1.29 is 9.59 Å². The van der Waals surface area contributed by atoms with Gasteiger partial charge in [0.1, 0.15) is 0 Å². The number of hydrogen-bond donors (Lipinski definition) is 1. The molecule has 7 nitrogen and oxygen atoms in total.